The summed E-state index contributed by atoms with van der Waals surface area (Å²) in [4.78, 5) is 9.82. The molecule has 0 heterocycles. The van der Waals surface area contributed by atoms with Crippen LogP contribution in [0.1, 0.15) is 18.1 Å². The van der Waals surface area contributed by atoms with E-state index in [1.807, 2.05) is 0 Å². The molecule has 0 aromatic heterocycles. The van der Waals surface area contributed by atoms with Crippen LogP contribution in [0.5, 0.6) is 0 Å². The summed E-state index contributed by atoms with van der Waals surface area (Å²) in [6.45, 7) is 2.62. The molecule has 0 fully saturated rings. The lowest BCUT2D eigenvalue weighted by molar-refractivity contribution is -0.385. The fourth-order valence-electron chi connectivity index (χ4n) is 2.45. The van der Waals surface area contributed by atoms with Crippen molar-refractivity contribution in [3.8, 4) is 0 Å². The van der Waals surface area contributed by atoms with Crippen LogP contribution in [-0.4, -0.2) is 19.9 Å². The molecule has 0 aliphatic rings. The Morgan fingerprint density at radius 2 is 1.81 bits per heavy atom. The highest BCUT2D eigenvalue weighted by molar-refractivity contribution is 7.92. The van der Waals surface area contributed by atoms with Gasteiger partial charge in [0.25, 0.3) is 15.7 Å². The first-order chi connectivity index (χ1) is 12.4. The monoisotopic (exact) mass is 422 g/mol. The number of rotatable bonds is 5. The van der Waals surface area contributed by atoms with Crippen molar-refractivity contribution in [3.63, 3.8) is 0 Å². The molecule has 27 heavy (non-hydrogen) atoms. The van der Waals surface area contributed by atoms with E-state index in [2.05, 4.69) is 0 Å². The molecule has 0 N–H and O–H groups in total. The third-order valence-electron chi connectivity index (χ3n) is 3.78. The van der Waals surface area contributed by atoms with Crippen molar-refractivity contribution in [2.75, 3.05) is 10.8 Å². The maximum absolute atomic E-state index is 13.0. The van der Waals surface area contributed by atoms with E-state index in [0.717, 1.165) is 24.3 Å². The van der Waals surface area contributed by atoms with Gasteiger partial charge < -0.3 is 0 Å². The lowest BCUT2D eigenvalue weighted by Gasteiger charge is -2.25. The minimum absolute atomic E-state index is 0.198. The van der Waals surface area contributed by atoms with Gasteiger partial charge in [-0.2, -0.15) is 13.2 Å². The summed E-state index contributed by atoms with van der Waals surface area (Å²) >= 11 is 5.95. The highest BCUT2D eigenvalue weighted by Crippen LogP contribution is 2.37. The molecule has 146 valence electrons. The number of hydrogen-bond acceptors (Lipinski definition) is 4. The summed E-state index contributed by atoms with van der Waals surface area (Å²) in [6, 6.07) is 5.60. The summed E-state index contributed by atoms with van der Waals surface area (Å²) in [5.74, 6) is 0. The minimum atomic E-state index is -4.69. The molecule has 11 heteroatoms. The highest BCUT2D eigenvalue weighted by Gasteiger charge is 2.34. The molecule has 0 spiro atoms. The second kappa shape index (κ2) is 7.35. The highest BCUT2D eigenvalue weighted by atomic mass is 35.5. The van der Waals surface area contributed by atoms with Gasteiger partial charge in [0.2, 0.25) is 0 Å². The molecule has 0 bridgehead atoms. The average Bonchev–Trinajstić information content (AvgIpc) is 2.55. The molecule has 0 amide bonds. The Morgan fingerprint density at radius 1 is 1.19 bits per heavy atom. The van der Waals surface area contributed by atoms with Crippen molar-refractivity contribution < 1.29 is 26.5 Å². The van der Waals surface area contributed by atoms with Crippen molar-refractivity contribution in [3.05, 3.63) is 62.7 Å². The van der Waals surface area contributed by atoms with Gasteiger partial charge in [-0.3, -0.25) is 14.4 Å². The number of nitro benzene ring substituents is 1. The SMILES string of the molecule is CCN(c1cc(C(F)(F)F)ccc1Cl)S(=O)(=O)c1cc([N+](=O)[O-])ccc1C. The number of alkyl halides is 3. The van der Waals surface area contributed by atoms with Gasteiger partial charge in [0.05, 0.1) is 26.1 Å². The van der Waals surface area contributed by atoms with Gasteiger partial charge in [-0.1, -0.05) is 17.7 Å². The number of halogens is 4. The summed E-state index contributed by atoms with van der Waals surface area (Å²) in [5.41, 5.74) is -1.67. The van der Waals surface area contributed by atoms with Crippen LogP contribution in [0.4, 0.5) is 24.5 Å². The van der Waals surface area contributed by atoms with E-state index < -0.39 is 32.4 Å². The molecule has 2 aromatic rings. The van der Waals surface area contributed by atoms with Crippen molar-refractivity contribution in [1.82, 2.24) is 0 Å². The Kier molecular flexibility index (Phi) is 5.71. The molecule has 6 nitrogen and oxygen atoms in total. The molecular formula is C16H14ClF3N2O4S. The van der Waals surface area contributed by atoms with Crippen LogP contribution < -0.4 is 4.31 Å². The minimum Gasteiger partial charge on any atom is -0.265 e. The molecule has 0 atom stereocenters. The zero-order valence-electron chi connectivity index (χ0n) is 14.1. The van der Waals surface area contributed by atoms with Crippen molar-refractivity contribution in [2.24, 2.45) is 0 Å². The fraction of sp³-hybridized carbons (Fsp3) is 0.250. The van der Waals surface area contributed by atoms with Crippen LogP contribution >= 0.6 is 11.6 Å². The summed E-state index contributed by atoms with van der Waals surface area (Å²) in [7, 11) is -4.40. The van der Waals surface area contributed by atoms with Crippen molar-refractivity contribution in [1.29, 1.82) is 0 Å². The van der Waals surface area contributed by atoms with E-state index in [9.17, 15) is 31.7 Å². The van der Waals surface area contributed by atoms with Crippen LogP contribution in [-0.2, 0) is 16.2 Å². The molecule has 0 aliphatic heterocycles. The van der Waals surface area contributed by atoms with E-state index in [0.29, 0.717) is 10.4 Å². The standard InChI is InChI=1S/C16H14ClF3N2O4S/c1-3-21(14-8-11(16(18,19)20)5-7-13(14)17)27(25,26)15-9-12(22(23)24)6-4-10(15)2/h4-9H,3H2,1-2H3. The fourth-order valence-corrected chi connectivity index (χ4v) is 4.45. The number of aryl methyl sites for hydroxylation is 1. The zero-order valence-corrected chi connectivity index (χ0v) is 15.7. The number of hydrogen-bond donors (Lipinski definition) is 0. The number of nitro groups is 1. The van der Waals surface area contributed by atoms with E-state index in [4.69, 9.17) is 11.6 Å². The third kappa shape index (κ3) is 4.16. The lowest BCUT2D eigenvalue weighted by Crippen LogP contribution is -2.32. The molecule has 0 aliphatic carbocycles. The van der Waals surface area contributed by atoms with Gasteiger partial charge in [-0.25, -0.2) is 8.42 Å². The largest absolute Gasteiger partial charge is 0.416 e. The maximum Gasteiger partial charge on any atom is 0.416 e. The van der Waals surface area contributed by atoms with Crippen LogP contribution in [0.2, 0.25) is 5.02 Å². The van der Waals surface area contributed by atoms with Crippen molar-refractivity contribution in [2.45, 2.75) is 24.9 Å². The Morgan fingerprint density at radius 3 is 2.33 bits per heavy atom. The summed E-state index contributed by atoms with van der Waals surface area (Å²) < 4.78 is 65.8. The van der Waals surface area contributed by atoms with Gasteiger partial charge in [0.1, 0.15) is 0 Å². The second-order valence-electron chi connectivity index (χ2n) is 5.54. The number of non-ortho nitro benzene ring substituents is 1. The summed E-state index contributed by atoms with van der Waals surface area (Å²) in [6.07, 6.45) is -4.69. The smallest absolute Gasteiger partial charge is 0.265 e. The second-order valence-corrected chi connectivity index (χ2v) is 7.78. The van der Waals surface area contributed by atoms with Crippen LogP contribution in [0.3, 0.4) is 0 Å². The first-order valence-corrected chi connectivity index (χ1v) is 9.36. The normalized spacial score (nSPS) is 12.1. The van der Waals surface area contributed by atoms with Crippen LogP contribution in [0.15, 0.2) is 41.3 Å². The molecular weight excluding hydrogens is 409 g/mol. The Bertz CT molecular complexity index is 994. The molecule has 2 aromatic carbocycles. The number of anilines is 1. The van der Waals surface area contributed by atoms with E-state index in [-0.39, 0.29) is 27.7 Å². The van der Waals surface area contributed by atoms with Gasteiger partial charge in [-0.15, -0.1) is 0 Å². The molecule has 0 unspecified atom stereocenters. The number of nitrogens with zero attached hydrogens (tertiary/aromatic N) is 2. The molecule has 2 rings (SSSR count). The lowest BCUT2D eigenvalue weighted by atomic mass is 10.2. The average molecular weight is 423 g/mol. The number of benzene rings is 2. The van der Waals surface area contributed by atoms with Gasteiger partial charge in [-0.05, 0) is 37.6 Å². The first-order valence-electron chi connectivity index (χ1n) is 7.54. The van der Waals surface area contributed by atoms with Gasteiger partial charge in [0, 0.05) is 18.7 Å². The van der Waals surface area contributed by atoms with E-state index >= 15 is 0 Å². The number of sulfonamides is 1. The Balaban J connectivity index is 2.68. The Hall–Kier alpha value is -2.33. The zero-order chi connectivity index (χ0) is 20.6. The van der Waals surface area contributed by atoms with Gasteiger partial charge >= 0.3 is 6.18 Å². The predicted octanol–water partition coefficient (Wildman–Crippen LogP) is 4.79. The first kappa shape index (κ1) is 21.0. The van der Waals surface area contributed by atoms with E-state index in [1.54, 1.807) is 0 Å². The molecule has 0 radical (unpaired) electrons. The van der Waals surface area contributed by atoms with Crippen LogP contribution in [0.25, 0.3) is 0 Å². The quantitative estimate of drug-likeness (QED) is 0.512. The summed E-state index contributed by atoms with van der Waals surface area (Å²) in [5, 5.41) is 10.8. The third-order valence-corrected chi connectivity index (χ3v) is 6.13. The maximum atomic E-state index is 13.0. The molecule has 0 saturated heterocycles. The van der Waals surface area contributed by atoms with Gasteiger partial charge in [0.15, 0.2) is 0 Å². The topological polar surface area (TPSA) is 80.5 Å². The molecule has 0 saturated carbocycles. The Labute approximate surface area is 158 Å². The predicted molar refractivity (Wildman–Crippen MR) is 94.5 cm³/mol. The van der Waals surface area contributed by atoms with E-state index in [1.165, 1.54) is 19.9 Å². The van der Waals surface area contributed by atoms with Crippen LogP contribution in [0, 0.1) is 17.0 Å². The van der Waals surface area contributed by atoms with Crippen molar-refractivity contribution >= 4 is 33.0 Å².